The lowest BCUT2D eigenvalue weighted by atomic mass is 10.1. The predicted molar refractivity (Wildman–Crippen MR) is 82.6 cm³/mol. The fraction of sp³-hybridized carbons (Fsp3) is 0.647. The maximum absolute atomic E-state index is 12.5. The van der Waals surface area contributed by atoms with Crippen molar-refractivity contribution in [2.75, 3.05) is 19.7 Å². The summed E-state index contributed by atoms with van der Waals surface area (Å²) in [5.41, 5.74) is 0.0819. The number of aromatic carboxylic acids is 1. The van der Waals surface area contributed by atoms with Crippen LogP contribution >= 0.6 is 0 Å². The fourth-order valence-corrected chi connectivity index (χ4v) is 2.92. The lowest BCUT2D eigenvalue weighted by Gasteiger charge is -2.31. The molecule has 1 saturated carbocycles. The third-order valence-electron chi connectivity index (χ3n) is 4.57. The van der Waals surface area contributed by atoms with Crippen molar-refractivity contribution in [2.24, 2.45) is 5.92 Å². The van der Waals surface area contributed by atoms with Gasteiger partial charge in [-0.25, -0.2) is 4.79 Å². The molecule has 2 heterocycles. The van der Waals surface area contributed by atoms with Crippen molar-refractivity contribution in [1.82, 2.24) is 4.90 Å². The standard InChI is InChI=1S/C17H23NO5/c1-2-14-13(17(20)21)9-15(23-14)16(19)18-7-5-12(6-8-18)22-10-11-3-4-11/h9,11-12H,2-8,10H2,1H3,(H,20,21). The molecule has 1 amide bonds. The van der Waals surface area contributed by atoms with Gasteiger partial charge in [0.2, 0.25) is 0 Å². The summed E-state index contributed by atoms with van der Waals surface area (Å²) in [5.74, 6) is -0.0653. The van der Waals surface area contributed by atoms with Crippen molar-refractivity contribution < 1.29 is 23.8 Å². The van der Waals surface area contributed by atoms with E-state index < -0.39 is 5.97 Å². The number of furan rings is 1. The van der Waals surface area contributed by atoms with Crippen molar-refractivity contribution in [3.05, 3.63) is 23.2 Å². The molecule has 3 rings (SSSR count). The summed E-state index contributed by atoms with van der Waals surface area (Å²) in [6, 6.07) is 1.35. The molecule has 2 aliphatic rings. The molecule has 2 fully saturated rings. The van der Waals surface area contributed by atoms with E-state index >= 15 is 0 Å². The van der Waals surface area contributed by atoms with Crippen LogP contribution in [0, 0.1) is 5.92 Å². The molecule has 1 N–H and O–H groups in total. The number of hydrogen-bond acceptors (Lipinski definition) is 4. The number of nitrogens with zero attached hydrogens (tertiary/aromatic N) is 1. The van der Waals surface area contributed by atoms with E-state index in [4.69, 9.17) is 14.3 Å². The first kappa shape index (κ1) is 16.1. The van der Waals surface area contributed by atoms with Crippen LogP contribution in [0.4, 0.5) is 0 Å². The van der Waals surface area contributed by atoms with Crippen LogP contribution in [-0.4, -0.2) is 47.7 Å². The van der Waals surface area contributed by atoms with Crippen LogP contribution in [0.1, 0.15) is 59.3 Å². The summed E-state index contributed by atoms with van der Waals surface area (Å²) in [5, 5.41) is 9.14. The zero-order valence-corrected chi connectivity index (χ0v) is 13.4. The summed E-state index contributed by atoms with van der Waals surface area (Å²) in [7, 11) is 0. The number of aryl methyl sites for hydroxylation is 1. The van der Waals surface area contributed by atoms with Gasteiger partial charge in [-0.2, -0.15) is 0 Å². The number of carbonyl (C=O) groups is 2. The molecule has 1 aliphatic carbocycles. The van der Waals surface area contributed by atoms with Crippen molar-refractivity contribution in [3.8, 4) is 0 Å². The second kappa shape index (κ2) is 6.74. The highest BCUT2D eigenvalue weighted by Crippen LogP contribution is 2.30. The number of hydrogen-bond donors (Lipinski definition) is 1. The first-order valence-corrected chi connectivity index (χ1v) is 8.35. The molecule has 0 atom stereocenters. The van der Waals surface area contributed by atoms with Gasteiger partial charge in [0, 0.05) is 32.2 Å². The zero-order chi connectivity index (χ0) is 16.4. The summed E-state index contributed by atoms with van der Waals surface area (Å²) in [4.78, 5) is 25.4. The largest absolute Gasteiger partial charge is 0.478 e. The smallest absolute Gasteiger partial charge is 0.339 e. The van der Waals surface area contributed by atoms with E-state index in [9.17, 15) is 9.59 Å². The number of amides is 1. The molecule has 6 nitrogen and oxygen atoms in total. The minimum atomic E-state index is -1.06. The van der Waals surface area contributed by atoms with Crippen LogP contribution in [0.5, 0.6) is 0 Å². The van der Waals surface area contributed by atoms with Crippen molar-refractivity contribution in [1.29, 1.82) is 0 Å². The number of carboxylic acid groups (broad SMARTS) is 1. The van der Waals surface area contributed by atoms with Crippen molar-refractivity contribution in [3.63, 3.8) is 0 Å². The molecular formula is C17H23NO5. The average molecular weight is 321 g/mol. The van der Waals surface area contributed by atoms with Gasteiger partial charge < -0.3 is 19.2 Å². The Labute approximate surface area is 135 Å². The summed E-state index contributed by atoms with van der Waals surface area (Å²) in [6.45, 7) is 3.90. The lowest BCUT2D eigenvalue weighted by molar-refractivity contribution is 0.00335. The van der Waals surface area contributed by atoms with Gasteiger partial charge in [-0.15, -0.1) is 0 Å². The molecule has 0 aromatic carbocycles. The van der Waals surface area contributed by atoms with E-state index in [0.29, 0.717) is 25.3 Å². The number of carboxylic acids is 1. The number of carbonyl (C=O) groups excluding carboxylic acids is 1. The topological polar surface area (TPSA) is 80.0 Å². The average Bonchev–Trinajstić information content (AvgIpc) is 3.28. The summed E-state index contributed by atoms with van der Waals surface area (Å²) < 4.78 is 11.3. The van der Waals surface area contributed by atoms with Crippen LogP contribution in [0.15, 0.2) is 10.5 Å². The van der Waals surface area contributed by atoms with Crippen LogP contribution in [0.2, 0.25) is 0 Å². The zero-order valence-electron chi connectivity index (χ0n) is 13.4. The quantitative estimate of drug-likeness (QED) is 0.871. The highest BCUT2D eigenvalue weighted by Gasteiger charge is 2.29. The first-order valence-electron chi connectivity index (χ1n) is 8.35. The monoisotopic (exact) mass is 321 g/mol. The Morgan fingerprint density at radius 2 is 2.00 bits per heavy atom. The molecule has 23 heavy (non-hydrogen) atoms. The fourth-order valence-electron chi connectivity index (χ4n) is 2.92. The lowest BCUT2D eigenvalue weighted by Crippen LogP contribution is -2.41. The molecule has 0 unspecified atom stereocenters. The Balaban J connectivity index is 1.57. The highest BCUT2D eigenvalue weighted by molar-refractivity contribution is 5.96. The van der Waals surface area contributed by atoms with Gasteiger partial charge in [0.25, 0.3) is 5.91 Å². The maximum atomic E-state index is 12.5. The van der Waals surface area contributed by atoms with Gasteiger partial charge in [0.15, 0.2) is 5.76 Å². The Morgan fingerprint density at radius 3 is 2.52 bits per heavy atom. The molecule has 0 bridgehead atoms. The predicted octanol–water partition coefficient (Wildman–Crippen LogP) is 2.57. The van der Waals surface area contributed by atoms with Crippen molar-refractivity contribution in [2.45, 2.75) is 45.1 Å². The molecule has 0 radical (unpaired) electrons. The second-order valence-electron chi connectivity index (χ2n) is 6.37. The number of likely N-dealkylation sites (tertiary alicyclic amines) is 1. The third kappa shape index (κ3) is 3.75. The Kier molecular flexibility index (Phi) is 4.71. The Bertz CT molecular complexity index is 582. The maximum Gasteiger partial charge on any atom is 0.339 e. The second-order valence-corrected chi connectivity index (χ2v) is 6.37. The van der Waals surface area contributed by atoms with Crippen LogP contribution in [0.3, 0.4) is 0 Å². The molecule has 126 valence electrons. The molecule has 6 heteroatoms. The van der Waals surface area contributed by atoms with Gasteiger partial charge in [0.1, 0.15) is 11.3 Å². The SMILES string of the molecule is CCc1oc(C(=O)N2CCC(OCC3CC3)CC2)cc1C(=O)O. The third-order valence-corrected chi connectivity index (χ3v) is 4.57. The molecular weight excluding hydrogens is 298 g/mol. The molecule has 0 spiro atoms. The number of piperidine rings is 1. The molecule has 1 aliphatic heterocycles. The van der Waals surface area contributed by atoms with Gasteiger partial charge in [-0.3, -0.25) is 4.79 Å². The van der Waals surface area contributed by atoms with Gasteiger partial charge in [-0.1, -0.05) is 6.92 Å². The first-order chi connectivity index (χ1) is 11.1. The summed E-state index contributed by atoms with van der Waals surface area (Å²) in [6.07, 6.45) is 4.89. The van der Waals surface area contributed by atoms with Gasteiger partial charge in [-0.05, 0) is 31.6 Å². The van der Waals surface area contributed by atoms with Gasteiger partial charge in [0.05, 0.1) is 6.10 Å². The molecule has 1 aromatic rings. The minimum Gasteiger partial charge on any atom is -0.478 e. The molecule has 1 saturated heterocycles. The van der Waals surface area contributed by atoms with Crippen LogP contribution in [0.25, 0.3) is 0 Å². The van der Waals surface area contributed by atoms with E-state index in [1.807, 2.05) is 6.92 Å². The van der Waals surface area contributed by atoms with Crippen LogP contribution < -0.4 is 0 Å². The van der Waals surface area contributed by atoms with E-state index in [2.05, 4.69) is 0 Å². The van der Waals surface area contributed by atoms with Crippen LogP contribution in [-0.2, 0) is 11.2 Å². The van der Waals surface area contributed by atoms with E-state index in [-0.39, 0.29) is 23.3 Å². The van der Waals surface area contributed by atoms with Gasteiger partial charge >= 0.3 is 5.97 Å². The number of ether oxygens (including phenoxy) is 1. The van der Waals surface area contributed by atoms with Crippen molar-refractivity contribution >= 4 is 11.9 Å². The molecule has 1 aromatic heterocycles. The van der Waals surface area contributed by atoms with E-state index in [1.54, 1.807) is 4.90 Å². The minimum absolute atomic E-state index is 0.0819. The Hall–Kier alpha value is -1.82. The highest BCUT2D eigenvalue weighted by atomic mass is 16.5. The number of rotatable bonds is 6. The Morgan fingerprint density at radius 1 is 1.30 bits per heavy atom. The van der Waals surface area contributed by atoms with E-state index in [0.717, 1.165) is 25.4 Å². The normalized spacial score (nSPS) is 19.1. The van der Waals surface area contributed by atoms with E-state index in [1.165, 1.54) is 18.9 Å². The summed E-state index contributed by atoms with van der Waals surface area (Å²) >= 11 is 0.